The summed E-state index contributed by atoms with van der Waals surface area (Å²) in [7, 11) is 1.70. The van der Waals surface area contributed by atoms with Crippen LogP contribution in [0.2, 0.25) is 0 Å². The van der Waals surface area contributed by atoms with E-state index in [-0.39, 0.29) is 0 Å². The van der Waals surface area contributed by atoms with Crippen LogP contribution >= 0.6 is 0 Å². The quantitative estimate of drug-likeness (QED) is 0.764. The SMILES string of the molecule is CCCNCc1cc(OC)ccc1OC1CCCC1. The first-order valence-electron chi connectivity index (χ1n) is 7.37. The number of ether oxygens (including phenoxy) is 2. The summed E-state index contributed by atoms with van der Waals surface area (Å²) in [6, 6.07) is 6.10. The Balaban J connectivity index is 2.05. The average molecular weight is 263 g/mol. The van der Waals surface area contributed by atoms with E-state index in [9.17, 15) is 0 Å². The van der Waals surface area contributed by atoms with Crippen molar-refractivity contribution in [1.29, 1.82) is 0 Å². The van der Waals surface area contributed by atoms with E-state index in [1.165, 1.54) is 31.2 Å². The molecule has 0 radical (unpaired) electrons. The molecule has 1 N–H and O–H groups in total. The van der Waals surface area contributed by atoms with Crippen LogP contribution in [0.4, 0.5) is 0 Å². The summed E-state index contributed by atoms with van der Waals surface area (Å²) in [5.41, 5.74) is 1.19. The van der Waals surface area contributed by atoms with Gasteiger partial charge in [-0.2, -0.15) is 0 Å². The van der Waals surface area contributed by atoms with Crippen molar-refractivity contribution in [3.8, 4) is 11.5 Å². The monoisotopic (exact) mass is 263 g/mol. The van der Waals surface area contributed by atoms with Crippen LogP contribution in [0.15, 0.2) is 18.2 Å². The Morgan fingerprint density at radius 3 is 2.74 bits per heavy atom. The van der Waals surface area contributed by atoms with Crippen LogP contribution in [-0.4, -0.2) is 19.8 Å². The molecule has 19 heavy (non-hydrogen) atoms. The zero-order valence-corrected chi connectivity index (χ0v) is 12.1. The molecule has 0 aromatic heterocycles. The number of methoxy groups -OCH3 is 1. The number of nitrogens with one attached hydrogen (secondary N) is 1. The molecule has 106 valence electrons. The highest BCUT2D eigenvalue weighted by molar-refractivity contribution is 5.40. The van der Waals surface area contributed by atoms with Gasteiger partial charge in [-0.25, -0.2) is 0 Å². The molecule has 0 heterocycles. The molecule has 1 aliphatic carbocycles. The van der Waals surface area contributed by atoms with Gasteiger partial charge in [-0.05, 0) is 56.8 Å². The fourth-order valence-electron chi connectivity index (χ4n) is 2.52. The van der Waals surface area contributed by atoms with Crippen LogP contribution < -0.4 is 14.8 Å². The lowest BCUT2D eigenvalue weighted by atomic mass is 10.1. The second-order valence-corrected chi connectivity index (χ2v) is 5.17. The Bertz CT molecular complexity index is 386. The van der Waals surface area contributed by atoms with Crippen LogP contribution in [0.1, 0.15) is 44.6 Å². The Kier molecular flexibility index (Phi) is 5.52. The molecule has 0 aliphatic heterocycles. The second kappa shape index (κ2) is 7.39. The van der Waals surface area contributed by atoms with Crippen molar-refractivity contribution in [2.24, 2.45) is 0 Å². The molecular weight excluding hydrogens is 238 g/mol. The smallest absolute Gasteiger partial charge is 0.124 e. The molecule has 1 saturated carbocycles. The van der Waals surface area contributed by atoms with Crippen LogP contribution in [-0.2, 0) is 6.54 Å². The minimum atomic E-state index is 0.401. The van der Waals surface area contributed by atoms with Crippen molar-refractivity contribution in [3.63, 3.8) is 0 Å². The number of rotatable bonds is 7. The zero-order chi connectivity index (χ0) is 13.5. The van der Waals surface area contributed by atoms with Crippen molar-refractivity contribution >= 4 is 0 Å². The maximum Gasteiger partial charge on any atom is 0.124 e. The molecule has 0 atom stereocenters. The molecule has 1 aromatic rings. The van der Waals surface area contributed by atoms with Gasteiger partial charge in [-0.3, -0.25) is 0 Å². The van der Waals surface area contributed by atoms with Crippen LogP contribution in [0.25, 0.3) is 0 Å². The predicted molar refractivity (Wildman–Crippen MR) is 77.9 cm³/mol. The molecule has 1 aromatic carbocycles. The van der Waals surface area contributed by atoms with E-state index < -0.39 is 0 Å². The molecule has 0 amide bonds. The molecule has 2 rings (SSSR count). The lowest BCUT2D eigenvalue weighted by molar-refractivity contribution is 0.207. The van der Waals surface area contributed by atoms with Gasteiger partial charge < -0.3 is 14.8 Å². The molecule has 3 heteroatoms. The van der Waals surface area contributed by atoms with Crippen LogP contribution in [0.5, 0.6) is 11.5 Å². The Morgan fingerprint density at radius 2 is 2.05 bits per heavy atom. The third kappa shape index (κ3) is 4.13. The van der Waals surface area contributed by atoms with Gasteiger partial charge in [0.05, 0.1) is 13.2 Å². The Hall–Kier alpha value is -1.22. The van der Waals surface area contributed by atoms with E-state index in [1.807, 2.05) is 12.1 Å². The molecule has 0 saturated heterocycles. The number of hydrogen-bond donors (Lipinski definition) is 1. The Labute approximate surface area is 116 Å². The molecular formula is C16H25NO2. The standard InChI is InChI=1S/C16H25NO2/c1-3-10-17-12-13-11-15(18-2)8-9-16(13)19-14-6-4-5-7-14/h8-9,11,14,17H,3-7,10,12H2,1-2H3. The number of hydrogen-bond acceptors (Lipinski definition) is 3. The first-order chi connectivity index (χ1) is 9.33. The Morgan fingerprint density at radius 1 is 1.26 bits per heavy atom. The third-order valence-electron chi connectivity index (χ3n) is 3.61. The largest absolute Gasteiger partial charge is 0.497 e. The summed E-state index contributed by atoms with van der Waals surface area (Å²) in [6.45, 7) is 4.04. The van der Waals surface area contributed by atoms with Crippen molar-refractivity contribution in [3.05, 3.63) is 23.8 Å². The lowest BCUT2D eigenvalue weighted by Gasteiger charge is -2.17. The summed E-state index contributed by atoms with van der Waals surface area (Å²) in [6.07, 6.45) is 6.51. The molecule has 0 unspecified atom stereocenters. The van der Waals surface area contributed by atoms with Gasteiger partial charge >= 0.3 is 0 Å². The van der Waals surface area contributed by atoms with Gasteiger partial charge in [-0.1, -0.05) is 6.92 Å². The molecule has 1 aliphatic rings. The van der Waals surface area contributed by atoms with Crippen LogP contribution in [0.3, 0.4) is 0 Å². The summed E-state index contributed by atoms with van der Waals surface area (Å²) in [4.78, 5) is 0. The van der Waals surface area contributed by atoms with E-state index >= 15 is 0 Å². The maximum atomic E-state index is 6.14. The molecule has 0 spiro atoms. The maximum absolute atomic E-state index is 6.14. The topological polar surface area (TPSA) is 30.5 Å². The van der Waals surface area contributed by atoms with Gasteiger partial charge in [0.15, 0.2) is 0 Å². The van der Waals surface area contributed by atoms with Crippen molar-refractivity contribution in [1.82, 2.24) is 5.32 Å². The van der Waals surface area contributed by atoms with Gasteiger partial charge in [-0.15, -0.1) is 0 Å². The van der Waals surface area contributed by atoms with E-state index in [2.05, 4.69) is 18.3 Å². The van der Waals surface area contributed by atoms with Gasteiger partial charge in [0.2, 0.25) is 0 Å². The summed E-state index contributed by atoms with van der Waals surface area (Å²) >= 11 is 0. The summed E-state index contributed by atoms with van der Waals surface area (Å²) < 4.78 is 11.4. The normalized spacial score (nSPS) is 15.7. The molecule has 0 bridgehead atoms. The highest BCUT2D eigenvalue weighted by atomic mass is 16.5. The van der Waals surface area contributed by atoms with Crippen molar-refractivity contribution in [2.75, 3.05) is 13.7 Å². The predicted octanol–water partition coefficient (Wildman–Crippen LogP) is 3.52. The zero-order valence-electron chi connectivity index (χ0n) is 12.1. The first kappa shape index (κ1) is 14.2. The van der Waals surface area contributed by atoms with Crippen LogP contribution in [0, 0.1) is 0 Å². The minimum absolute atomic E-state index is 0.401. The van der Waals surface area contributed by atoms with E-state index in [1.54, 1.807) is 7.11 Å². The highest BCUT2D eigenvalue weighted by Gasteiger charge is 2.18. The van der Waals surface area contributed by atoms with Crippen molar-refractivity contribution < 1.29 is 9.47 Å². The number of benzene rings is 1. The van der Waals surface area contributed by atoms with Gasteiger partial charge in [0.25, 0.3) is 0 Å². The second-order valence-electron chi connectivity index (χ2n) is 5.17. The summed E-state index contributed by atoms with van der Waals surface area (Å²) in [5.74, 6) is 1.91. The summed E-state index contributed by atoms with van der Waals surface area (Å²) in [5, 5.41) is 3.43. The van der Waals surface area contributed by atoms with E-state index in [0.29, 0.717) is 6.10 Å². The third-order valence-corrected chi connectivity index (χ3v) is 3.61. The molecule has 1 fully saturated rings. The van der Waals surface area contributed by atoms with Gasteiger partial charge in [0, 0.05) is 12.1 Å². The molecule has 3 nitrogen and oxygen atoms in total. The van der Waals surface area contributed by atoms with E-state index in [0.717, 1.165) is 31.0 Å². The lowest BCUT2D eigenvalue weighted by Crippen LogP contribution is -2.17. The fourth-order valence-corrected chi connectivity index (χ4v) is 2.52. The first-order valence-corrected chi connectivity index (χ1v) is 7.37. The van der Waals surface area contributed by atoms with E-state index in [4.69, 9.17) is 9.47 Å². The fraction of sp³-hybridized carbons (Fsp3) is 0.625. The minimum Gasteiger partial charge on any atom is -0.497 e. The average Bonchev–Trinajstić information content (AvgIpc) is 2.93. The van der Waals surface area contributed by atoms with Gasteiger partial charge in [0.1, 0.15) is 11.5 Å². The van der Waals surface area contributed by atoms with Crippen molar-refractivity contribution in [2.45, 2.75) is 51.7 Å². The highest BCUT2D eigenvalue weighted by Crippen LogP contribution is 2.29.